The molecule has 0 unspecified atom stereocenters. The molecule has 0 bridgehead atoms. The summed E-state index contributed by atoms with van der Waals surface area (Å²) in [7, 11) is -3.47. The Labute approximate surface area is 188 Å². The molecule has 0 atom stereocenters. The number of sulfonamides is 1. The zero-order chi connectivity index (χ0) is 23.3. The van der Waals surface area contributed by atoms with Crippen molar-refractivity contribution in [2.24, 2.45) is 0 Å². The number of hydrogen-bond acceptors (Lipinski definition) is 6. The predicted molar refractivity (Wildman–Crippen MR) is 124 cm³/mol. The minimum Gasteiger partial charge on any atom is -0.347 e. The third-order valence-corrected chi connectivity index (χ3v) is 6.48. The molecule has 170 valence electrons. The molecule has 3 rings (SSSR count). The molecule has 1 heterocycles. The second-order valence-corrected chi connectivity index (χ2v) is 9.67. The third kappa shape index (κ3) is 5.73. The van der Waals surface area contributed by atoms with Crippen LogP contribution in [-0.4, -0.2) is 37.3 Å². The summed E-state index contributed by atoms with van der Waals surface area (Å²) in [5.41, 5.74) is 4.47. The van der Waals surface area contributed by atoms with Crippen LogP contribution in [0.4, 0.5) is 5.69 Å². The standard InChI is InChI=1S/C23H28N4O4S/c1-16-10-7-12-20(18(16)3)27(32(4,29)30)14-8-13-21(28)24-15-22-25-23(26-31-22)19-11-6-5-9-17(19)2/h5-7,9-12H,8,13-15H2,1-4H3,(H,24,28). The number of aromatic nitrogens is 2. The molecule has 0 aliphatic rings. The fourth-order valence-corrected chi connectivity index (χ4v) is 4.39. The van der Waals surface area contributed by atoms with E-state index >= 15 is 0 Å². The lowest BCUT2D eigenvalue weighted by Crippen LogP contribution is -2.32. The van der Waals surface area contributed by atoms with Crippen molar-refractivity contribution < 1.29 is 17.7 Å². The van der Waals surface area contributed by atoms with E-state index in [2.05, 4.69) is 15.5 Å². The minimum absolute atomic E-state index is 0.116. The van der Waals surface area contributed by atoms with Gasteiger partial charge in [0.2, 0.25) is 27.6 Å². The number of anilines is 1. The Bertz CT molecular complexity index is 1200. The van der Waals surface area contributed by atoms with Crippen molar-refractivity contribution in [2.45, 2.75) is 40.2 Å². The van der Waals surface area contributed by atoms with E-state index < -0.39 is 10.0 Å². The van der Waals surface area contributed by atoms with E-state index in [0.717, 1.165) is 22.3 Å². The van der Waals surface area contributed by atoms with Crippen molar-refractivity contribution in [2.75, 3.05) is 17.1 Å². The number of rotatable bonds is 9. The average molecular weight is 457 g/mol. The van der Waals surface area contributed by atoms with Gasteiger partial charge in [0.1, 0.15) is 0 Å². The molecule has 2 aromatic carbocycles. The number of hydrogen-bond donors (Lipinski definition) is 1. The Morgan fingerprint density at radius 1 is 1.06 bits per heavy atom. The first-order chi connectivity index (χ1) is 15.2. The largest absolute Gasteiger partial charge is 0.347 e. The van der Waals surface area contributed by atoms with E-state index in [9.17, 15) is 13.2 Å². The molecule has 8 nitrogen and oxygen atoms in total. The van der Waals surface area contributed by atoms with Crippen molar-refractivity contribution in [3.8, 4) is 11.4 Å². The van der Waals surface area contributed by atoms with Crippen LogP contribution < -0.4 is 9.62 Å². The lowest BCUT2D eigenvalue weighted by Gasteiger charge is -2.24. The van der Waals surface area contributed by atoms with Gasteiger partial charge in [0, 0.05) is 18.5 Å². The van der Waals surface area contributed by atoms with E-state index in [4.69, 9.17) is 4.52 Å². The van der Waals surface area contributed by atoms with Gasteiger partial charge in [-0.1, -0.05) is 41.6 Å². The number of carbonyl (C=O) groups excluding carboxylic acids is 1. The van der Waals surface area contributed by atoms with Crippen LogP contribution >= 0.6 is 0 Å². The Balaban J connectivity index is 1.54. The molecule has 32 heavy (non-hydrogen) atoms. The highest BCUT2D eigenvalue weighted by molar-refractivity contribution is 7.92. The molecule has 3 aromatic rings. The summed E-state index contributed by atoms with van der Waals surface area (Å²) in [6.07, 6.45) is 1.73. The van der Waals surface area contributed by atoms with Gasteiger partial charge in [0.15, 0.2) is 0 Å². The lowest BCUT2D eigenvalue weighted by molar-refractivity contribution is -0.121. The number of nitrogens with one attached hydrogen (secondary N) is 1. The van der Waals surface area contributed by atoms with Gasteiger partial charge in [-0.25, -0.2) is 8.42 Å². The van der Waals surface area contributed by atoms with E-state index in [1.165, 1.54) is 10.6 Å². The fourth-order valence-electron chi connectivity index (χ4n) is 3.38. The van der Waals surface area contributed by atoms with Crippen LogP contribution in [0, 0.1) is 20.8 Å². The molecular weight excluding hydrogens is 428 g/mol. The van der Waals surface area contributed by atoms with Crippen molar-refractivity contribution >= 4 is 21.6 Å². The van der Waals surface area contributed by atoms with Gasteiger partial charge in [0.25, 0.3) is 0 Å². The highest BCUT2D eigenvalue weighted by Crippen LogP contribution is 2.25. The molecule has 0 saturated heterocycles. The second kappa shape index (κ2) is 9.95. The molecule has 0 aliphatic heterocycles. The fraction of sp³-hybridized carbons (Fsp3) is 0.348. The number of nitrogens with zero attached hydrogens (tertiary/aromatic N) is 3. The van der Waals surface area contributed by atoms with E-state index in [0.29, 0.717) is 23.8 Å². The molecular formula is C23H28N4O4S. The predicted octanol–water partition coefficient (Wildman–Crippen LogP) is 3.52. The topological polar surface area (TPSA) is 105 Å². The molecule has 1 N–H and O–H groups in total. The minimum atomic E-state index is -3.47. The first-order valence-corrected chi connectivity index (χ1v) is 12.2. The Morgan fingerprint density at radius 3 is 2.50 bits per heavy atom. The Hall–Kier alpha value is -3.20. The smallest absolute Gasteiger partial charge is 0.246 e. The molecule has 1 aromatic heterocycles. The lowest BCUT2D eigenvalue weighted by atomic mass is 10.1. The number of amides is 1. The quantitative estimate of drug-likeness (QED) is 0.528. The highest BCUT2D eigenvalue weighted by atomic mass is 32.2. The van der Waals surface area contributed by atoms with Crippen LogP contribution in [0.15, 0.2) is 47.0 Å². The zero-order valence-electron chi connectivity index (χ0n) is 18.8. The number of carbonyl (C=O) groups is 1. The molecule has 0 spiro atoms. The first-order valence-electron chi connectivity index (χ1n) is 10.4. The van der Waals surface area contributed by atoms with Crippen molar-refractivity contribution in [1.29, 1.82) is 0 Å². The van der Waals surface area contributed by atoms with Gasteiger partial charge >= 0.3 is 0 Å². The van der Waals surface area contributed by atoms with Crippen molar-refractivity contribution in [3.05, 3.63) is 65.0 Å². The van der Waals surface area contributed by atoms with Crippen molar-refractivity contribution in [3.63, 3.8) is 0 Å². The van der Waals surface area contributed by atoms with E-state index in [1.54, 1.807) is 6.07 Å². The molecule has 0 radical (unpaired) electrons. The maximum Gasteiger partial charge on any atom is 0.246 e. The van der Waals surface area contributed by atoms with E-state index in [-0.39, 0.29) is 25.4 Å². The van der Waals surface area contributed by atoms with Gasteiger partial charge < -0.3 is 9.84 Å². The highest BCUT2D eigenvalue weighted by Gasteiger charge is 2.20. The summed E-state index contributed by atoms with van der Waals surface area (Å²) in [6.45, 7) is 6.13. The summed E-state index contributed by atoms with van der Waals surface area (Å²) >= 11 is 0. The normalized spacial score (nSPS) is 11.4. The van der Waals surface area contributed by atoms with E-state index in [1.807, 2.05) is 57.2 Å². The van der Waals surface area contributed by atoms with Crippen LogP contribution in [-0.2, 0) is 21.4 Å². The maximum absolute atomic E-state index is 12.3. The summed E-state index contributed by atoms with van der Waals surface area (Å²) in [4.78, 5) is 16.6. The second-order valence-electron chi connectivity index (χ2n) is 7.76. The molecule has 0 fully saturated rings. The van der Waals surface area contributed by atoms with Crippen LogP contribution in [0.2, 0.25) is 0 Å². The van der Waals surface area contributed by atoms with Crippen LogP contribution in [0.1, 0.15) is 35.4 Å². The van der Waals surface area contributed by atoms with Crippen LogP contribution in [0.5, 0.6) is 0 Å². The monoisotopic (exact) mass is 456 g/mol. The van der Waals surface area contributed by atoms with Crippen LogP contribution in [0.3, 0.4) is 0 Å². The van der Waals surface area contributed by atoms with Gasteiger partial charge in [-0.05, 0) is 49.9 Å². The molecule has 0 aliphatic carbocycles. The Morgan fingerprint density at radius 2 is 1.78 bits per heavy atom. The number of benzene rings is 2. The summed E-state index contributed by atoms with van der Waals surface area (Å²) in [6, 6.07) is 13.3. The third-order valence-electron chi connectivity index (χ3n) is 5.30. The van der Waals surface area contributed by atoms with Gasteiger partial charge in [0.05, 0.1) is 18.5 Å². The molecule has 9 heteroatoms. The number of aryl methyl sites for hydroxylation is 2. The first kappa shape index (κ1) is 23.5. The molecule has 1 amide bonds. The molecule has 0 saturated carbocycles. The Kier molecular flexibility index (Phi) is 7.29. The summed E-state index contributed by atoms with van der Waals surface area (Å²) in [5.74, 6) is 0.574. The van der Waals surface area contributed by atoms with Crippen LogP contribution in [0.25, 0.3) is 11.4 Å². The van der Waals surface area contributed by atoms with Gasteiger partial charge in [-0.2, -0.15) is 4.98 Å². The summed E-state index contributed by atoms with van der Waals surface area (Å²) < 4.78 is 31.2. The maximum atomic E-state index is 12.3. The van der Waals surface area contributed by atoms with Gasteiger partial charge in [-0.15, -0.1) is 0 Å². The average Bonchev–Trinajstić information content (AvgIpc) is 3.20. The van der Waals surface area contributed by atoms with Crippen molar-refractivity contribution in [1.82, 2.24) is 15.5 Å². The summed E-state index contributed by atoms with van der Waals surface area (Å²) in [5, 5.41) is 6.72. The SMILES string of the molecule is Cc1ccccc1-c1noc(CNC(=O)CCCN(c2cccc(C)c2C)S(C)(=O)=O)n1. The van der Waals surface area contributed by atoms with Gasteiger partial charge in [-0.3, -0.25) is 9.10 Å². The zero-order valence-corrected chi connectivity index (χ0v) is 19.6.